The van der Waals surface area contributed by atoms with Crippen LogP contribution in [0.5, 0.6) is 0 Å². The van der Waals surface area contributed by atoms with Crippen molar-refractivity contribution in [1.29, 1.82) is 0 Å². The van der Waals surface area contributed by atoms with Gasteiger partial charge in [-0.15, -0.1) is 0 Å². The highest BCUT2D eigenvalue weighted by atomic mass is 16.2. The van der Waals surface area contributed by atoms with Gasteiger partial charge in [-0.3, -0.25) is 35.5 Å². The normalized spacial score (nSPS) is 11.2. The molecule has 0 saturated heterocycles. The topological polar surface area (TPSA) is 142 Å². The van der Waals surface area contributed by atoms with E-state index in [-0.39, 0.29) is 29.4 Å². The molecule has 1 aliphatic rings. The molecular weight excluding hydrogens is 470 g/mol. The number of hydrogen-bond acceptors (Lipinski definition) is 7. The fraction of sp³-hybridized carbons (Fsp3) is 0.214. The number of ketones is 2. The first-order valence-corrected chi connectivity index (χ1v) is 11.7. The number of carbonyl (C=O) groups excluding carboxylic acids is 4. The Kier molecular flexibility index (Phi) is 11.3. The van der Waals surface area contributed by atoms with Crippen LogP contribution in [-0.2, 0) is 11.3 Å². The van der Waals surface area contributed by atoms with Crippen molar-refractivity contribution in [2.45, 2.75) is 33.4 Å². The van der Waals surface area contributed by atoms with Crippen LogP contribution < -0.4 is 27.4 Å². The van der Waals surface area contributed by atoms with Gasteiger partial charge in [0.15, 0.2) is 11.6 Å². The fourth-order valence-electron chi connectivity index (χ4n) is 3.36. The van der Waals surface area contributed by atoms with E-state index < -0.39 is 0 Å². The number of benzene rings is 3. The molecule has 4 rings (SSSR count). The molecule has 0 aromatic heterocycles. The van der Waals surface area contributed by atoms with E-state index in [1.165, 1.54) is 6.92 Å². The predicted molar refractivity (Wildman–Crippen MR) is 143 cm³/mol. The van der Waals surface area contributed by atoms with E-state index in [0.717, 1.165) is 12.1 Å². The van der Waals surface area contributed by atoms with Crippen LogP contribution in [0.3, 0.4) is 0 Å². The van der Waals surface area contributed by atoms with Crippen LogP contribution in [0, 0.1) is 0 Å². The molecule has 194 valence electrons. The number of rotatable bonds is 5. The van der Waals surface area contributed by atoms with Crippen molar-refractivity contribution in [2.24, 2.45) is 5.84 Å². The Labute approximate surface area is 216 Å². The Morgan fingerprint density at radius 1 is 0.784 bits per heavy atom. The first kappa shape index (κ1) is 29.1. The van der Waals surface area contributed by atoms with Gasteiger partial charge in [-0.05, 0) is 38.6 Å². The zero-order chi connectivity index (χ0) is 27.4. The van der Waals surface area contributed by atoms with Crippen LogP contribution in [0.4, 0.5) is 0 Å². The second kappa shape index (κ2) is 14.4. The third-order valence-corrected chi connectivity index (χ3v) is 5.14. The monoisotopic (exact) mass is 503 g/mol. The standard InChI is InChI=1S/C14H8O2.C12H19N3O.C2H6N2O/c15-13-9-5-1-2-6-10(9)14(16)12-8-4-3-7-11(12)13;1-9(2)15-12(16)11-6-4-10(5-7-11)8-14-13-3;1-2(5)4-3/h1-8H;4-7,9,13-14H,8H2,1-3H3,(H,15,16);3H2,1H3,(H,4,5). The number of hydrogen-bond donors (Lipinski definition) is 5. The van der Waals surface area contributed by atoms with Crippen molar-refractivity contribution >= 4 is 23.4 Å². The summed E-state index contributed by atoms with van der Waals surface area (Å²) in [6.07, 6.45) is 0. The van der Waals surface area contributed by atoms with Crippen LogP contribution >= 0.6 is 0 Å². The lowest BCUT2D eigenvalue weighted by Gasteiger charge is -2.16. The van der Waals surface area contributed by atoms with E-state index in [0.29, 0.717) is 27.8 Å². The molecule has 37 heavy (non-hydrogen) atoms. The predicted octanol–water partition coefficient (Wildman–Crippen LogP) is 2.51. The highest BCUT2D eigenvalue weighted by molar-refractivity contribution is 6.28. The van der Waals surface area contributed by atoms with Gasteiger partial charge in [-0.1, -0.05) is 60.7 Å². The Morgan fingerprint density at radius 3 is 1.51 bits per heavy atom. The molecule has 0 spiro atoms. The van der Waals surface area contributed by atoms with E-state index in [9.17, 15) is 19.2 Å². The zero-order valence-corrected chi connectivity index (χ0v) is 21.4. The van der Waals surface area contributed by atoms with Gasteiger partial charge in [0.1, 0.15) is 0 Å². The highest BCUT2D eigenvalue weighted by Crippen LogP contribution is 2.26. The molecule has 0 aliphatic heterocycles. The van der Waals surface area contributed by atoms with Gasteiger partial charge in [0, 0.05) is 47.3 Å². The summed E-state index contributed by atoms with van der Waals surface area (Å²) in [6, 6.07) is 21.6. The third-order valence-electron chi connectivity index (χ3n) is 5.14. The van der Waals surface area contributed by atoms with Gasteiger partial charge in [0.25, 0.3) is 5.91 Å². The Hall–Kier alpha value is -4.18. The summed E-state index contributed by atoms with van der Waals surface area (Å²) in [7, 11) is 1.82. The van der Waals surface area contributed by atoms with Crippen molar-refractivity contribution < 1.29 is 19.2 Å². The van der Waals surface area contributed by atoms with Gasteiger partial charge in [-0.25, -0.2) is 5.84 Å². The zero-order valence-electron chi connectivity index (χ0n) is 21.4. The molecule has 2 amide bonds. The Morgan fingerprint density at radius 2 is 1.19 bits per heavy atom. The molecule has 3 aromatic rings. The van der Waals surface area contributed by atoms with Crippen molar-refractivity contribution in [3.05, 3.63) is 106 Å². The minimum Gasteiger partial charge on any atom is -0.350 e. The van der Waals surface area contributed by atoms with Gasteiger partial charge in [0.05, 0.1) is 0 Å². The van der Waals surface area contributed by atoms with Gasteiger partial charge in [0.2, 0.25) is 5.91 Å². The van der Waals surface area contributed by atoms with E-state index in [1.807, 2.05) is 50.6 Å². The summed E-state index contributed by atoms with van der Waals surface area (Å²) in [5.74, 6) is 4.20. The number of fused-ring (bicyclic) bond motifs is 2. The summed E-state index contributed by atoms with van der Waals surface area (Å²) in [6.45, 7) is 5.98. The maximum atomic E-state index is 12.1. The molecular formula is C28H33N5O4. The minimum atomic E-state index is -0.218. The average molecular weight is 504 g/mol. The lowest BCUT2D eigenvalue weighted by molar-refractivity contribution is -0.119. The van der Waals surface area contributed by atoms with Crippen molar-refractivity contribution in [2.75, 3.05) is 7.05 Å². The number of hydrazine groups is 2. The molecule has 9 heteroatoms. The van der Waals surface area contributed by atoms with Gasteiger partial charge < -0.3 is 5.32 Å². The second-order valence-electron chi connectivity index (χ2n) is 8.38. The number of carbonyl (C=O) groups is 4. The fourth-order valence-corrected chi connectivity index (χ4v) is 3.36. The summed E-state index contributed by atoms with van der Waals surface area (Å²) in [5.41, 5.74) is 11.6. The number of nitrogens with one attached hydrogen (secondary N) is 4. The summed E-state index contributed by atoms with van der Waals surface area (Å²) < 4.78 is 0. The van der Waals surface area contributed by atoms with Crippen LogP contribution in [-0.4, -0.2) is 36.5 Å². The van der Waals surface area contributed by atoms with E-state index in [1.54, 1.807) is 48.5 Å². The minimum absolute atomic E-state index is 0.0249. The third kappa shape index (κ3) is 8.46. The first-order chi connectivity index (χ1) is 17.7. The van der Waals surface area contributed by atoms with E-state index >= 15 is 0 Å². The lowest BCUT2D eigenvalue weighted by Crippen LogP contribution is -2.30. The highest BCUT2D eigenvalue weighted by Gasteiger charge is 2.28. The van der Waals surface area contributed by atoms with Gasteiger partial charge in [-0.2, -0.15) is 0 Å². The molecule has 0 atom stereocenters. The van der Waals surface area contributed by atoms with Crippen LogP contribution in [0.25, 0.3) is 0 Å². The maximum absolute atomic E-state index is 12.1. The lowest BCUT2D eigenvalue weighted by atomic mass is 9.84. The van der Waals surface area contributed by atoms with Crippen LogP contribution in [0.15, 0.2) is 72.8 Å². The molecule has 0 bridgehead atoms. The molecule has 0 saturated carbocycles. The summed E-state index contributed by atoms with van der Waals surface area (Å²) in [5, 5.41) is 2.85. The Balaban J connectivity index is 0.000000221. The van der Waals surface area contributed by atoms with Crippen molar-refractivity contribution in [1.82, 2.24) is 21.6 Å². The summed E-state index contributed by atoms with van der Waals surface area (Å²) >= 11 is 0. The first-order valence-electron chi connectivity index (χ1n) is 11.7. The number of nitrogens with two attached hydrogens (primary N) is 1. The van der Waals surface area contributed by atoms with Crippen molar-refractivity contribution in [3.8, 4) is 0 Å². The summed E-state index contributed by atoms with van der Waals surface area (Å²) in [4.78, 5) is 45.4. The molecule has 1 aliphatic carbocycles. The van der Waals surface area contributed by atoms with Crippen molar-refractivity contribution in [3.63, 3.8) is 0 Å². The maximum Gasteiger partial charge on any atom is 0.251 e. The molecule has 0 unspecified atom stereocenters. The molecule has 3 aromatic carbocycles. The van der Waals surface area contributed by atoms with E-state index in [4.69, 9.17) is 0 Å². The largest absolute Gasteiger partial charge is 0.350 e. The van der Waals surface area contributed by atoms with Gasteiger partial charge >= 0.3 is 0 Å². The average Bonchev–Trinajstić information content (AvgIpc) is 2.91. The molecule has 0 heterocycles. The second-order valence-corrected chi connectivity index (χ2v) is 8.38. The molecule has 9 nitrogen and oxygen atoms in total. The Bertz CT molecular complexity index is 1130. The molecule has 6 N–H and O–H groups in total. The van der Waals surface area contributed by atoms with Crippen LogP contribution in [0.2, 0.25) is 0 Å². The SMILES string of the molecule is CC(=O)NN.CNNCc1ccc(C(=O)NC(C)C)cc1.O=C1c2ccccc2C(=O)c2ccccc21. The molecule has 0 radical (unpaired) electrons. The smallest absolute Gasteiger partial charge is 0.251 e. The molecule has 0 fully saturated rings. The van der Waals surface area contributed by atoms with Crippen LogP contribution in [0.1, 0.15) is 68.5 Å². The number of amides is 2. The van der Waals surface area contributed by atoms with E-state index in [2.05, 4.69) is 22.0 Å². The quantitative estimate of drug-likeness (QED) is 0.160.